The molecule has 0 spiro atoms. The zero-order valence-corrected chi connectivity index (χ0v) is 10.7. The number of hydrogen-bond acceptors (Lipinski definition) is 3. The number of nitrogens with zero attached hydrogens (tertiary/aromatic N) is 2. The van der Waals surface area contributed by atoms with Crippen molar-refractivity contribution in [1.82, 2.24) is 10.2 Å². The summed E-state index contributed by atoms with van der Waals surface area (Å²) in [5, 5.41) is 8.19. The molecule has 94 valence electrons. The second kappa shape index (κ2) is 5.06. The standard InChI is InChI=1S/C16H14N2O/c1-12-7-9-14(10-8-12)16-18-17-15(19-16)11-13-5-3-2-4-6-13/h2-10H,11H2,1H3. The highest BCUT2D eigenvalue weighted by molar-refractivity contribution is 5.52. The normalized spacial score (nSPS) is 10.6. The van der Waals surface area contributed by atoms with Crippen molar-refractivity contribution in [3.63, 3.8) is 0 Å². The van der Waals surface area contributed by atoms with Crippen molar-refractivity contribution in [2.75, 3.05) is 0 Å². The van der Waals surface area contributed by atoms with Gasteiger partial charge in [0.05, 0.1) is 6.42 Å². The lowest BCUT2D eigenvalue weighted by molar-refractivity contribution is 0.518. The molecule has 0 aliphatic rings. The molecule has 19 heavy (non-hydrogen) atoms. The van der Waals surface area contributed by atoms with Gasteiger partial charge in [0.2, 0.25) is 11.8 Å². The molecule has 0 aliphatic heterocycles. The van der Waals surface area contributed by atoms with E-state index in [4.69, 9.17) is 4.42 Å². The van der Waals surface area contributed by atoms with Crippen LogP contribution in [0.4, 0.5) is 0 Å². The fourth-order valence-electron chi connectivity index (χ4n) is 1.91. The summed E-state index contributed by atoms with van der Waals surface area (Å²) in [7, 11) is 0. The Kier molecular flexibility index (Phi) is 3.11. The van der Waals surface area contributed by atoms with Crippen LogP contribution in [0.3, 0.4) is 0 Å². The third kappa shape index (κ3) is 2.71. The van der Waals surface area contributed by atoms with E-state index in [-0.39, 0.29) is 0 Å². The fraction of sp³-hybridized carbons (Fsp3) is 0.125. The number of benzene rings is 2. The number of aryl methyl sites for hydroxylation is 1. The van der Waals surface area contributed by atoms with E-state index in [2.05, 4.69) is 29.3 Å². The van der Waals surface area contributed by atoms with Gasteiger partial charge in [-0.1, -0.05) is 48.0 Å². The van der Waals surface area contributed by atoms with Crippen LogP contribution in [0.2, 0.25) is 0 Å². The van der Waals surface area contributed by atoms with Gasteiger partial charge in [-0.3, -0.25) is 0 Å². The molecule has 0 fully saturated rings. The summed E-state index contributed by atoms with van der Waals surface area (Å²) in [5.41, 5.74) is 3.34. The van der Waals surface area contributed by atoms with Gasteiger partial charge in [0.25, 0.3) is 0 Å². The minimum atomic E-state index is 0.575. The lowest BCUT2D eigenvalue weighted by Gasteiger charge is -1.96. The Balaban J connectivity index is 1.82. The summed E-state index contributed by atoms with van der Waals surface area (Å²) in [6.07, 6.45) is 0.666. The van der Waals surface area contributed by atoms with Crippen LogP contribution in [0.5, 0.6) is 0 Å². The zero-order valence-electron chi connectivity index (χ0n) is 10.7. The fourth-order valence-corrected chi connectivity index (χ4v) is 1.91. The Morgan fingerprint density at radius 1 is 0.895 bits per heavy atom. The second-order valence-corrected chi connectivity index (χ2v) is 4.53. The number of aromatic nitrogens is 2. The second-order valence-electron chi connectivity index (χ2n) is 4.53. The molecule has 0 bridgehead atoms. The topological polar surface area (TPSA) is 38.9 Å². The molecule has 0 saturated heterocycles. The first-order chi connectivity index (χ1) is 9.31. The van der Waals surface area contributed by atoms with Gasteiger partial charge in [0, 0.05) is 5.56 Å². The maximum atomic E-state index is 5.69. The van der Waals surface area contributed by atoms with Crippen LogP contribution in [0.15, 0.2) is 59.0 Å². The van der Waals surface area contributed by atoms with Crippen molar-refractivity contribution < 1.29 is 4.42 Å². The van der Waals surface area contributed by atoms with Gasteiger partial charge in [0.1, 0.15) is 0 Å². The smallest absolute Gasteiger partial charge is 0.247 e. The minimum absolute atomic E-state index is 0.575. The van der Waals surface area contributed by atoms with E-state index in [1.54, 1.807) is 0 Å². The van der Waals surface area contributed by atoms with Crippen molar-refractivity contribution >= 4 is 0 Å². The van der Waals surface area contributed by atoms with E-state index in [1.807, 2.05) is 42.5 Å². The van der Waals surface area contributed by atoms with Gasteiger partial charge in [0.15, 0.2) is 0 Å². The van der Waals surface area contributed by atoms with Crippen molar-refractivity contribution in [2.24, 2.45) is 0 Å². The quantitative estimate of drug-likeness (QED) is 0.712. The summed E-state index contributed by atoms with van der Waals surface area (Å²) < 4.78 is 5.69. The first-order valence-corrected chi connectivity index (χ1v) is 6.24. The summed E-state index contributed by atoms with van der Waals surface area (Å²) >= 11 is 0. The first kappa shape index (κ1) is 11.7. The van der Waals surface area contributed by atoms with Crippen molar-refractivity contribution in [1.29, 1.82) is 0 Å². The molecule has 0 unspecified atom stereocenters. The van der Waals surface area contributed by atoms with Crippen LogP contribution in [-0.4, -0.2) is 10.2 Å². The van der Waals surface area contributed by atoms with E-state index in [1.165, 1.54) is 11.1 Å². The summed E-state index contributed by atoms with van der Waals surface area (Å²) in [5.74, 6) is 1.22. The SMILES string of the molecule is Cc1ccc(-c2nnc(Cc3ccccc3)o2)cc1. The van der Waals surface area contributed by atoms with Crippen LogP contribution in [-0.2, 0) is 6.42 Å². The maximum Gasteiger partial charge on any atom is 0.247 e. The lowest BCUT2D eigenvalue weighted by Crippen LogP contribution is -1.87. The Hall–Kier alpha value is -2.42. The van der Waals surface area contributed by atoms with Gasteiger partial charge < -0.3 is 4.42 Å². The highest BCUT2D eigenvalue weighted by atomic mass is 16.4. The molecule has 0 saturated carbocycles. The Morgan fingerprint density at radius 3 is 2.37 bits per heavy atom. The van der Waals surface area contributed by atoms with Crippen LogP contribution < -0.4 is 0 Å². The van der Waals surface area contributed by atoms with Gasteiger partial charge in [-0.05, 0) is 24.6 Å². The third-order valence-corrected chi connectivity index (χ3v) is 2.96. The lowest BCUT2D eigenvalue weighted by atomic mass is 10.1. The molecule has 0 atom stereocenters. The molecule has 0 N–H and O–H groups in total. The zero-order chi connectivity index (χ0) is 13.1. The molecule has 0 radical (unpaired) electrons. The summed E-state index contributed by atoms with van der Waals surface area (Å²) in [4.78, 5) is 0. The van der Waals surface area contributed by atoms with Crippen LogP contribution in [0.25, 0.3) is 11.5 Å². The monoisotopic (exact) mass is 250 g/mol. The van der Waals surface area contributed by atoms with Gasteiger partial charge in [-0.15, -0.1) is 10.2 Å². The Labute approximate surface area is 111 Å². The molecule has 3 nitrogen and oxygen atoms in total. The van der Waals surface area contributed by atoms with E-state index >= 15 is 0 Å². The average molecular weight is 250 g/mol. The predicted octanol–water partition coefficient (Wildman–Crippen LogP) is 3.64. The Morgan fingerprint density at radius 2 is 1.63 bits per heavy atom. The molecule has 0 aliphatic carbocycles. The van der Waals surface area contributed by atoms with Crippen molar-refractivity contribution in [3.8, 4) is 11.5 Å². The Bertz CT molecular complexity index is 657. The third-order valence-electron chi connectivity index (χ3n) is 2.96. The maximum absolute atomic E-state index is 5.69. The molecule has 1 heterocycles. The molecule has 2 aromatic carbocycles. The first-order valence-electron chi connectivity index (χ1n) is 6.24. The molecular formula is C16H14N2O. The molecule has 3 rings (SSSR count). The molecule has 1 aromatic heterocycles. The van der Waals surface area contributed by atoms with Crippen LogP contribution in [0, 0.1) is 6.92 Å². The highest BCUT2D eigenvalue weighted by Gasteiger charge is 2.08. The number of rotatable bonds is 3. The van der Waals surface area contributed by atoms with E-state index in [9.17, 15) is 0 Å². The molecule has 0 amide bonds. The average Bonchev–Trinajstić information content (AvgIpc) is 2.89. The summed E-state index contributed by atoms with van der Waals surface area (Å²) in [6.45, 7) is 2.05. The highest BCUT2D eigenvalue weighted by Crippen LogP contribution is 2.19. The van der Waals surface area contributed by atoms with E-state index < -0.39 is 0 Å². The van der Waals surface area contributed by atoms with Crippen molar-refractivity contribution in [3.05, 3.63) is 71.6 Å². The van der Waals surface area contributed by atoms with Crippen LogP contribution in [0.1, 0.15) is 17.0 Å². The van der Waals surface area contributed by atoms with Gasteiger partial charge >= 0.3 is 0 Å². The largest absolute Gasteiger partial charge is 0.420 e. The van der Waals surface area contributed by atoms with E-state index in [0.717, 1.165) is 5.56 Å². The van der Waals surface area contributed by atoms with Crippen LogP contribution >= 0.6 is 0 Å². The molecular weight excluding hydrogens is 236 g/mol. The van der Waals surface area contributed by atoms with Gasteiger partial charge in [-0.2, -0.15) is 0 Å². The van der Waals surface area contributed by atoms with E-state index in [0.29, 0.717) is 18.2 Å². The molecule has 3 aromatic rings. The molecule has 3 heteroatoms. The predicted molar refractivity (Wildman–Crippen MR) is 73.7 cm³/mol. The number of hydrogen-bond donors (Lipinski definition) is 0. The summed E-state index contributed by atoms with van der Waals surface area (Å²) in [6, 6.07) is 18.2. The minimum Gasteiger partial charge on any atom is -0.420 e. The van der Waals surface area contributed by atoms with Gasteiger partial charge in [-0.25, -0.2) is 0 Å². The van der Waals surface area contributed by atoms with Crippen molar-refractivity contribution in [2.45, 2.75) is 13.3 Å².